The van der Waals surface area contributed by atoms with E-state index >= 15 is 0 Å². The van der Waals surface area contributed by atoms with Gasteiger partial charge in [0.25, 0.3) is 0 Å². The Balaban J connectivity index is 1.57. The highest BCUT2D eigenvalue weighted by Crippen LogP contribution is 2.39. The first-order valence-corrected chi connectivity index (χ1v) is 11.8. The maximum absolute atomic E-state index is 13.8. The molecule has 0 bridgehead atoms. The van der Waals surface area contributed by atoms with Crippen LogP contribution in [0.1, 0.15) is 29.5 Å². The summed E-state index contributed by atoms with van der Waals surface area (Å²) in [5.74, 6) is -4.15. The highest BCUT2D eigenvalue weighted by atomic mass is 35.5. The second-order valence-electron chi connectivity index (χ2n) is 8.77. The van der Waals surface area contributed by atoms with Crippen molar-refractivity contribution in [3.63, 3.8) is 0 Å². The van der Waals surface area contributed by atoms with E-state index in [-0.39, 0.29) is 39.2 Å². The fourth-order valence-corrected chi connectivity index (χ4v) is 4.62. The minimum atomic E-state index is -1.62. The maximum Gasteiger partial charge on any atom is 0.194 e. The van der Waals surface area contributed by atoms with Gasteiger partial charge in [0.15, 0.2) is 29.0 Å². The predicted octanol–water partition coefficient (Wildman–Crippen LogP) is 2.17. The zero-order valence-electron chi connectivity index (χ0n) is 20.0. The molecule has 5 atom stereocenters. The lowest BCUT2D eigenvalue weighted by Gasteiger charge is -2.41. The van der Waals surface area contributed by atoms with Crippen LogP contribution in [0.4, 0.5) is 13.2 Å². The Kier molecular flexibility index (Phi) is 7.10. The summed E-state index contributed by atoms with van der Waals surface area (Å²) in [6, 6.07) is 3.68. The molecule has 4 heterocycles. The number of nitrogens with zero attached hydrogens (tertiary/aromatic N) is 7. The highest BCUT2D eigenvalue weighted by molar-refractivity contribution is 6.30. The van der Waals surface area contributed by atoms with Gasteiger partial charge in [-0.1, -0.05) is 11.6 Å². The summed E-state index contributed by atoms with van der Waals surface area (Å²) >= 11 is 6.09. The lowest BCUT2D eigenvalue weighted by molar-refractivity contribution is -0.210. The number of benzene rings is 1. The molecule has 3 aromatic heterocycles. The Hall–Kier alpha value is -3.87. The first-order valence-electron chi connectivity index (χ1n) is 11.4. The van der Waals surface area contributed by atoms with Gasteiger partial charge in [0.1, 0.15) is 48.0 Å². The Morgan fingerprint density at radius 2 is 1.82 bits per heavy atom. The molecule has 3 N–H and O–H groups in total. The van der Waals surface area contributed by atoms with E-state index in [4.69, 9.17) is 16.3 Å². The lowest BCUT2D eigenvalue weighted by Crippen LogP contribution is -2.53. The predicted molar refractivity (Wildman–Crippen MR) is 127 cm³/mol. The Morgan fingerprint density at radius 3 is 2.49 bits per heavy atom. The molecule has 0 spiro atoms. The molecule has 39 heavy (non-hydrogen) atoms. The molecular formula is C24H19ClF3N7O4. The Labute approximate surface area is 223 Å². The summed E-state index contributed by atoms with van der Waals surface area (Å²) in [6.07, 6.45) is -1.79. The zero-order chi connectivity index (χ0) is 28.0. The molecule has 202 valence electrons. The first kappa shape index (κ1) is 26.7. The van der Waals surface area contributed by atoms with Gasteiger partial charge >= 0.3 is 0 Å². The van der Waals surface area contributed by atoms with Gasteiger partial charge in [-0.25, -0.2) is 27.8 Å². The zero-order valence-corrected chi connectivity index (χ0v) is 20.7. The minimum absolute atomic E-state index is 0.0194. The molecule has 0 saturated carbocycles. The van der Waals surface area contributed by atoms with Crippen LogP contribution in [-0.4, -0.2) is 69.8 Å². The molecule has 0 aliphatic carbocycles. The van der Waals surface area contributed by atoms with Gasteiger partial charge in [0.05, 0.1) is 17.8 Å². The van der Waals surface area contributed by atoms with Gasteiger partial charge in [-0.2, -0.15) is 15.5 Å². The number of halogens is 4. The van der Waals surface area contributed by atoms with E-state index in [0.717, 1.165) is 16.8 Å². The number of aliphatic hydroxyl groups is 3. The summed E-state index contributed by atoms with van der Waals surface area (Å²) in [7, 11) is 0. The fraction of sp³-hybridized carbons (Fsp3) is 0.292. The monoisotopic (exact) mass is 561 g/mol. The summed E-state index contributed by atoms with van der Waals surface area (Å²) in [5.41, 5.74) is 0.248. The van der Waals surface area contributed by atoms with Crippen LogP contribution in [0, 0.1) is 35.7 Å². The van der Waals surface area contributed by atoms with Crippen LogP contribution in [0.15, 0.2) is 36.8 Å². The third-order valence-electron chi connectivity index (χ3n) is 6.28. The average molecular weight is 562 g/mol. The molecule has 0 radical (unpaired) electrons. The number of hydrogen-bond acceptors (Lipinski definition) is 9. The SMILES string of the molecule is Cc1nc([C@@H]2OC(CO)[C@H](O)C(n3cc(-c4cc(F)c(F)c(F)c4)cn3)[C@@H]2O)n(-c2cc(Cl)cnc2C#N)n1. The van der Waals surface area contributed by atoms with Crippen LogP contribution in [0.2, 0.25) is 5.02 Å². The second-order valence-corrected chi connectivity index (χ2v) is 9.21. The number of aliphatic hydroxyl groups excluding tert-OH is 3. The van der Waals surface area contributed by atoms with Crippen molar-refractivity contribution in [2.24, 2.45) is 0 Å². The summed E-state index contributed by atoms with van der Waals surface area (Å²) in [4.78, 5) is 8.33. The molecule has 11 nitrogen and oxygen atoms in total. The summed E-state index contributed by atoms with van der Waals surface area (Å²) in [5, 5.41) is 50.4. The fourth-order valence-electron chi connectivity index (χ4n) is 4.47. The Bertz CT molecular complexity index is 1570. The highest BCUT2D eigenvalue weighted by Gasteiger charge is 2.48. The minimum Gasteiger partial charge on any atom is -0.394 e. The molecule has 1 aromatic carbocycles. The number of ether oxygens (including phenoxy) is 1. The van der Waals surface area contributed by atoms with Crippen molar-refractivity contribution in [3.05, 3.63) is 76.6 Å². The third-order valence-corrected chi connectivity index (χ3v) is 6.48. The number of hydrogen-bond donors (Lipinski definition) is 3. The van der Waals surface area contributed by atoms with Gasteiger partial charge in [-0.05, 0) is 30.7 Å². The van der Waals surface area contributed by atoms with E-state index < -0.39 is 54.5 Å². The first-order chi connectivity index (χ1) is 18.6. The van der Waals surface area contributed by atoms with Crippen molar-refractivity contribution in [3.8, 4) is 22.9 Å². The van der Waals surface area contributed by atoms with Crippen LogP contribution in [0.3, 0.4) is 0 Å². The van der Waals surface area contributed by atoms with Crippen molar-refractivity contribution in [2.45, 2.75) is 37.4 Å². The quantitative estimate of drug-likeness (QED) is 0.311. The Morgan fingerprint density at radius 1 is 1.10 bits per heavy atom. The maximum atomic E-state index is 13.8. The van der Waals surface area contributed by atoms with Gasteiger partial charge in [0, 0.05) is 18.0 Å². The average Bonchev–Trinajstić information content (AvgIpc) is 3.54. The van der Waals surface area contributed by atoms with Crippen molar-refractivity contribution in [2.75, 3.05) is 6.61 Å². The summed E-state index contributed by atoms with van der Waals surface area (Å²) < 4.78 is 49.2. The number of rotatable bonds is 5. The second kappa shape index (κ2) is 10.4. The smallest absolute Gasteiger partial charge is 0.194 e. The van der Waals surface area contributed by atoms with E-state index in [9.17, 15) is 33.8 Å². The lowest BCUT2D eigenvalue weighted by atomic mass is 9.92. The molecule has 15 heteroatoms. The molecule has 0 amide bonds. The van der Waals surface area contributed by atoms with Crippen LogP contribution < -0.4 is 0 Å². The van der Waals surface area contributed by atoms with E-state index in [1.807, 2.05) is 6.07 Å². The molecule has 4 aromatic rings. The largest absolute Gasteiger partial charge is 0.394 e. The normalized spacial score (nSPS) is 23.1. The van der Waals surface area contributed by atoms with Crippen molar-refractivity contribution in [1.29, 1.82) is 5.26 Å². The number of aryl methyl sites for hydroxylation is 1. The van der Waals surface area contributed by atoms with E-state index in [1.165, 1.54) is 29.3 Å². The molecule has 1 saturated heterocycles. The van der Waals surface area contributed by atoms with E-state index in [1.54, 1.807) is 6.92 Å². The third kappa shape index (κ3) is 4.75. The standard InChI is InChI=1S/C24H19ClF3N7O4/c1-10-32-24(35(33-10)17-4-13(25)7-30-16(17)5-29)23-22(38)20(21(37)18(9-36)39-23)34-8-12(6-31-34)11-2-14(26)19(28)15(27)3-11/h2-4,6-8,18,20-23,36-38H,9H2,1H3/t18?,20?,21-,22-,23+/m0/s1. The molecule has 1 aliphatic rings. The van der Waals surface area contributed by atoms with Gasteiger partial charge in [0.2, 0.25) is 0 Å². The molecule has 2 unspecified atom stereocenters. The van der Waals surface area contributed by atoms with E-state index in [0.29, 0.717) is 0 Å². The van der Waals surface area contributed by atoms with Crippen LogP contribution >= 0.6 is 11.6 Å². The van der Waals surface area contributed by atoms with Crippen molar-refractivity contribution in [1.82, 2.24) is 29.5 Å². The molecule has 1 fully saturated rings. The topological polar surface area (TPSA) is 155 Å². The number of nitriles is 1. The van der Waals surface area contributed by atoms with Crippen molar-refractivity contribution >= 4 is 11.6 Å². The van der Waals surface area contributed by atoms with Gasteiger partial charge in [-0.3, -0.25) is 4.68 Å². The summed E-state index contributed by atoms with van der Waals surface area (Å²) in [6.45, 7) is 0.911. The van der Waals surface area contributed by atoms with Crippen LogP contribution in [0.25, 0.3) is 16.8 Å². The van der Waals surface area contributed by atoms with E-state index in [2.05, 4.69) is 20.2 Å². The number of aromatic nitrogens is 6. The van der Waals surface area contributed by atoms with Gasteiger partial charge in [-0.15, -0.1) is 0 Å². The molecule has 1 aliphatic heterocycles. The van der Waals surface area contributed by atoms with Crippen LogP contribution in [0.5, 0.6) is 0 Å². The molecule has 5 rings (SSSR count). The van der Waals surface area contributed by atoms with Gasteiger partial charge < -0.3 is 20.1 Å². The van der Waals surface area contributed by atoms with Crippen LogP contribution in [-0.2, 0) is 4.74 Å². The van der Waals surface area contributed by atoms with Crippen molar-refractivity contribution < 1.29 is 33.2 Å². The number of pyridine rings is 1. The molecular weight excluding hydrogens is 543 g/mol.